The minimum Gasteiger partial charge on any atom is -0.496 e. The number of benzene rings is 3. The van der Waals surface area contributed by atoms with Crippen LogP contribution >= 0.6 is 43.6 Å². The van der Waals surface area contributed by atoms with Crippen LogP contribution in [0.25, 0.3) is 0 Å². The number of hydrogen-bond donors (Lipinski definition) is 2. The first-order valence-electron chi connectivity index (χ1n) is 11.5. The van der Waals surface area contributed by atoms with Gasteiger partial charge in [0, 0.05) is 11.1 Å². The van der Waals surface area contributed by atoms with Gasteiger partial charge in [-0.05, 0) is 80.1 Å². The van der Waals surface area contributed by atoms with Gasteiger partial charge in [0.2, 0.25) is 0 Å². The predicted octanol–water partition coefficient (Wildman–Crippen LogP) is 7.98. The van der Waals surface area contributed by atoms with Gasteiger partial charge in [-0.3, -0.25) is 9.59 Å². The van der Waals surface area contributed by atoms with Crippen molar-refractivity contribution in [1.29, 1.82) is 0 Å². The van der Waals surface area contributed by atoms with E-state index in [2.05, 4.69) is 45.7 Å². The van der Waals surface area contributed by atoms with Crippen LogP contribution < -0.4 is 9.47 Å². The van der Waals surface area contributed by atoms with Crippen molar-refractivity contribution in [2.75, 3.05) is 12.9 Å². The highest BCUT2D eigenvalue weighted by atomic mass is 79.9. The summed E-state index contributed by atoms with van der Waals surface area (Å²) in [4.78, 5) is 22.7. The van der Waals surface area contributed by atoms with Gasteiger partial charge in [0.05, 0.1) is 33.5 Å². The fourth-order valence-electron chi connectivity index (χ4n) is 3.96. The van der Waals surface area contributed by atoms with E-state index in [0.717, 1.165) is 22.3 Å². The first-order valence-corrected chi connectivity index (χ1v) is 14.1. The van der Waals surface area contributed by atoms with Gasteiger partial charge in [-0.2, -0.15) is 0 Å². The molecule has 3 rings (SSSR count). The van der Waals surface area contributed by atoms with E-state index in [9.17, 15) is 19.8 Å². The Balaban J connectivity index is 2.21. The summed E-state index contributed by atoms with van der Waals surface area (Å²) in [5, 5.41) is 18.3. The van der Waals surface area contributed by atoms with Crippen molar-refractivity contribution < 1.29 is 29.3 Å². The molecular weight excluding hydrogens is 624 g/mol. The SMILES string of the molecule is COc1cc(C(SCC(=O)O)c2cccc(C)c2)c(Oc2c(Br)cc(CC(=O)O)cc2Br)cc1C(C)C. The smallest absolute Gasteiger partial charge is 0.313 e. The summed E-state index contributed by atoms with van der Waals surface area (Å²) in [5.74, 6) is -0.0499. The van der Waals surface area contributed by atoms with Crippen LogP contribution in [-0.2, 0) is 16.0 Å². The Morgan fingerprint density at radius 3 is 2.14 bits per heavy atom. The Morgan fingerprint density at radius 2 is 1.59 bits per heavy atom. The van der Waals surface area contributed by atoms with E-state index in [0.29, 0.717) is 31.8 Å². The zero-order chi connectivity index (χ0) is 27.3. The Kier molecular flexibility index (Phi) is 10.1. The minimum absolute atomic E-state index is 0.0937. The molecule has 1 unspecified atom stereocenters. The largest absolute Gasteiger partial charge is 0.496 e. The normalized spacial score (nSPS) is 11.9. The highest BCUT2D eigenvalue weighted by Crippen LogP contribution is 2.47. The molecule has 0 radical (unpaired) electrons. The van der Waals surface area contributed by atoms with Crippen LogP contribution in [0.3, 0.4) is 0 Å². The van der Waals surface area contributed by atoms with Gasteiger partial charge in [0.15, 0.2) is 5.75 Å². The van der Waals surface area contributed by atoms with Crippen LogP contribution in [0.15, 0.2) is 57.5 Å². The van der Waals surface area contributed by atoms with Crippen LogP contribution in [0.5, 0.6) is 17.2 Å². The molecule has 0 aromatic heterocycles. The highest BCUT2D eigenvalue weighted by molar-refractivity contribution is 9.11. The third-order valence-electron chi connectivity index (χ3n) is 5.61. The lowest BCUT2D eigenvalue weighted by Gasteiger charge is -2.24. The van der Waals surface area contributed by atoms with Gasteiger partial charge in [-0.25, -0.2) is 0 Å². The van der Waals surface area contributed by atoms with E-state index >= 15 is 0 Å². The molecule has 0 saturated heterocycles. The zero-order valence-corrected chi connectivity index (χ0v) is 24.9. The molecule has 1 atom stereocenters. The fourth-order valence-corrected chi connectivity index (χ4v) is 6.42. The van der Waals surface area contributed by atoms with Crippen molar-refractivity contribution in [1.82, 2.24) is 0 Å². The number of aryl methyl sites for hydroxylation is 1. The summed E-state index contributed by atoms with van der Waals surface area (Å²) in [5.41, 5.74) is 4.34. The lowest BCUT2D eigenvalue weighted by atomic mass is 9.95. The Hall–Kier alpha value is -2.49. The Morgan fingerprint density at radius 1 is 0.946 bits per heavy atom. The molecule has 0 aliphatic rings. The minimum atomic E-state index is -0.928. The van der Waals surface area contributed by atoms with E-state index < -0.39 is 11.9 Å². The van der Waals surface area contributed by atoms with Crippen molar-refractivity contribution >= 4 is 55.6 Å². The number of thioether (sulfide) groups is 1. The average Bonchev–Trinajstić information content (AvgIpc) is 2.81. The van der Waals surface area contributed by atoms with Crippen molar-refractivity contribution in [3.8, 4) is 17.2 Å². The van der Waals surface area contributed by atoms with Gasteiger partial charge < -0.3 is 19.7 Å². The second kappa shape index (κ2) is 12.8. The van der Waals surface area contributed by atoms with Gasteiger partial charge in [0.1, 0.15) is 11.5 Å². The summed E-state index contributed by atoms with van der Waals surface area (Å²) in [7, 11) is 1.62. The van der Waals surface area contributed by atoms with Crippen LogP contribution in [0.4, 0.5) is 0 Å². The van der Waals surface area contributed by atoms with E-state index in [1.54, 1.807) is 19.2 Å². The van der Waals surface area contributed by atoms with Crippen LogP contribution in [0.2, 0.25) is 0 Å². The van der Waals surface area contributed by atoms with Gasteiger partial charge in [0.25, 0.3) is 0 Å². The van der Waals surface area contributed by atoms with Crippen LogP contribution in [0.1, 0.15) is 52.8 Å². The maximum atomic E-state index is 11.5. The van der Waals surface area contributed by atoms with Gasteiger partial charge in [-0.1, -0.05) is 43.7 Å². The van der Waals surface area contributed by atoms with Crippen LogP contribution in [-0.4, -0.2) is 35.0 Å². The second-order valence-electron chi connectivity index (χ2n) is 8.85. The molecule has 0 aliphatic heterocycles. The predicted molar refractivity (Wildman–Crippen MR) is 153 cm³/mol. The summed E-state index contributed by atoms with van der Waals surface area (Å²) in [6.07, 6.45) is -0.121. The molecule has 0 bridgehead atoms. The molecule has 0 saturated carbocycles. The lowest BCUT2D eigenvalue weighted by Crippen LogP contribution is -2.07. The first kappa shape index (κ1) is 29.1. The number of carboxylic acids is 2. The van der Waals surface area contributed by atoms with Crippen LogP contribution in [0, 0.1) is 6.92 Å². The number of aliphatic carboxylic acids is 2. The maximum Gasteiger partial charge on any atom is 0.313 e. The molecule has 37 heavy (non-hydrogen) atoms. The number of halogens is 2. The molecule has 0 amide bonds. The monoisotopic (exact) mass is 650 g/mol. The average molecular weight is 652 g/mol. The molecule has 2 N–H and O–H groups in total. The molecule has 6 nitrogen and oxygen atoms in total. The standard InChI is InChI=1S/C28H28Br2O6S/c1-15(2)19-12-24(36-27-21(29)9-17(10-22(27)30)11-25(31)32)20(13-23(19)35-4)28(37-14-26(33)34)18-7-5-6-16(3)8-18/h5-10,12-13,15,28H,11,14H2,1-4H3,(H,31,32)(H,33,34). The number of methoxy groups -OCH3 is 1. The van der Waals surface area contributed by atoms with E-state index in [1.807, 2.05) is 43.3 Å². The number of ether oxygens (including phenoxy) is 2. The van der Waals surface area contributed by atoms with E-state index in [1.165, 1.54) is 11.8 Å². The van der Waals surface area contributed by atoms with Crippen molar-refractivity contribution in [3.05, 3.63) is 85.3 Å². The molecule has 0 spiro atoms. The molecule has 0 heterocycles. The topological polar surface area (TPSA) is 93.1 Å². The number of rotatable bonds is 11. The van der Waals surface area contributed by atoms with E-state index in [4.69, 9.17) is 9.47 Å². The second-order valence-corrected chi connectivity index (χ2v) is 11.6. The molecule has 0 aliphatic carbocycles. The highest BCUT2D eigenvalue weighted by Gasteiger charge is 2.25. The molecule has 196 valence electrons. The third-order valence-corrected chi connectivity index (χ3v) is 8.06. The molecule has 3 aromatic rings. The summed E-state index contributed by atoms with van der Waals surface area (Å²) < 4.78 is 13.4. The number of hydrogen-bond acceptors (Lipinski definition) is 5. The Labute approximate surface area is 237 Å². The number of carbonyl (C=O) groups is 2. The zero-order valence-electron chi connectivity index (χ0n) is 20.9. The quantitative estimate of drug-likeness (QED) is 0.217. The maximum absolute atomic E-state index is 11.5. The first-order chi connectivity index (χ1) is 17.5. The summed E-state index contributed by atoms with van der Waals surface area (Å²) in [6, 6.07) is 15.3. The molecule has 3 aromatic carbocycles. The van der Waals surface area contributed by atoms with Gasteiger partial charge in [-0.15, -0.1) is 11.8 Å². The summed E-state index contributed by atoms with van der Waals surface area (Å²) in [6.45, 7) is 6.12. The molecule has 0 fully saturated rings. The number of carboxylic acid groups (broad SMARTS) is 2. The third kappa shape index (κ3) is 7.52. The van der Waals surface area contributed by atoms with Crippen molar-refractivity contribution in [2.24, 2.45) is 0 Å². The molecule has 9 heteroatoms. The fraction of sp³-hybridized carbons (Fsp3) is 0.286. The van der Waals surface area contributed by atoms with E-state index in [-0.39, 0.29) is 23.3 Å². The van der Waals surface area contributed by atoms with Gasteiger partial charge >= 0.3 is 11.9 Å². The lowest BCUT2D eigenvalue weighted by molar-refractivity contribution is -0.136. The Bertz CT molecular complexity index is 1280. The van der Waals surface area contributed by atoms with Crippen molar-refractivity contribution in [3.63, 3.8) is 0 Å². The molecular formula is C28H28Br2O6S. The van der Waals surface area contributed by atoms with Crippen molar-refractivity contribution in [2.45, 2.75) is 38.4 Å². The summed E-state index contributed by atoms with van der Waals surface area (Å²) >= 11 is 8.36.